The van der Waals surface area contributed by atoms with Crippen LogP contribution in [-0.4, -0.2) is 41.2 Å². The molecular formula is C7H15N3S. The average molecular weight is 173 g/mol. The summed E-state index contributed by atoms with van der Waals surface area (Å²) in [5, 5.41) is 0. The maximum absolute atomic E-state index is 6.18. The van der Waals surface area contributed by atoms with Crippen LogP contribution in [0.2, 0.25) is 0 Å². The first-order chi connectivity index (χ1) is 5.21. The van der Waals surface area contributed by atoms with Gasteiger partial charge < -0.3 is 11.5 Å². The highest BCUT2D eigenvalue weighted by Crippen LogP contribution is 2.30. The number of rotatable bonds is 0. The Labute approximate surface area is 71.5 Å². The Morgan fingerprint density at radius 3 is 3.09 bits per heavy atom. The molecule has 2 fully saturated rings. The second-order valence-corrected chi connectivity index (χ2v) is 4.67. The zero-order valence-electron chi connectivity index (χ0n) is 6.62. The molecule has 0 bridgehead atoms. The minimum atomic E-state index is -0.0671. The first kappa shape index (κ1) is 7.86. The van der Waals surface area contributed by atoms with Crippen LogP contribution in [0.5, 0.6) is 0 Å². The summed E-state index contributed by atoms with van der Waals surface area (Å²) < 4.78 is 0. The quantitative estimate of drug-likeness (QED) is 0.515. The summed E-state index contributed by atoms with van der Waals surface area (Å²) >= 11 is 1.95. The molecule has 2 aliphatic rings. The number of hydrogen-bond donors (Lipinski definition) is 2. The first-order valence-electron chi connectivity index (χ1n) is 4.08. The van der Waals surface area contributed by atoms with E-state index in [9.17, 15) is 0 Å². The van der Waals surface area contributed by atoms with Crippen LogP contribution in [0.1, 0.15) is 6.42 Å². The Balaban J connectivity index is 2.11. The third-order valence-electron chi connectivity index (χ3n) is 2.56. The van der Waals surface area contributed by atoms with Gasteiger partial charge in [-0.1, -0.05) is 0 Å². The number of nitrogens with two attached hydrogens (primary N) is 2. The van der Waals surface area contributed by atoms with Crippen LogP contribution >= 0.6 is 11.8 Å². The van der Waals surface area contributed by atoms with Gasteiger partial charge in [-0.15, -0.1) is 0 Å². The Hall–Kier alpha value is 0.230. The summed E-state index contributed by atoms with van der Waals surface area (Å²) in [6, 6.07) is 0.304. The van der Waals surface area contributed by atoms with Crippen molar-refractivity contribution in [3.63, 3.8) is 0 Å². The second-order valence-electron chi connectivity index (χ2n) is 3.57. The molecule has 0 aromatic carbocycles. The van der Waals surface area contributed by atoms with E-state index in [2.05, 4.69) is 4.90 Å². The van der Waals surface area contributed by atoms with E-state index >= 15 is 0 Å². The van der Waals surface area contributed by atoms with Crippen LogP contribution in [-0.2, 0) is 0 Å². The highest BCUT2D eigenvalue weighted by atomic mass is 32.2. The summed E-state index contributed by atoms with van der Waals surface area (Å²) in [4.78, 5) is 2.34. The van der Waals surface area contributed by atoms with E-state index in [1.807, 2.05) is 11.8 Å². The van der Waals surface area contributed by atoms with Crippen LogP contribution in [0, 0.1) is 0 Å². The molecule has 3 nitrogen and oxygen atoms in total. The van der Waals surface area contributed by atoms with Gasteiger partial charge in [-0.05, 0) is 6.42 Å². The van der Waals surface area contributed by atoms with Gasteiger partial charge in [0.15, 0.2) is 0 Å². The van der Waals surface area contributed by atoms with E-state index in [1.54, 1.807) is 0 Å². The predicted octanol–water partition coefficient (Wildman–Crippen LogP) is -0.579. The van der Waals surface area contributed by atoms with Gasteiger partial charge in [0.25, 0.3) is 0 Å². The summed E-state index contributed by atoms with van der Waals surface area (Å²) in [6.07, 6.45) is 0.972. The van der Waals surface area contributed by atoms with Crippen molar-refractivity contribution < 1.29 is 0 Å². The zero-order chi connectivity index (χ0) is 7.90. The molecule has 0 aromatic rings. The molecule has 0 radical (unpaired) electrons. The third kappa shape index (κ3) is 1.28. The number of thioether (sulfide) groups is 1. The van der Waals surface area contributed by atoms with Crippen LogP contribution < -0.4 is 11.5 Å². The molecule has 11 heavy (non-hydrogen) atoms. The lowest BCUT2D eigenvalue weighted by Crippen LogP contribution is -2.56. The lowest BCUT2D eigenvalue weighted by molar-refractivity contribution is 0.171. The predicted molar refractivity (Wildman–Crippen MR) is 48.4 cm³/mol. The molecule has 4 N–H and O–H groups in total. The number of nitrogens with zero attached hydrogens (tertiary/aromatic N) is 1. The van der Waals surface area contributed by atoms with Crippen LogP contribution in [0.25, 0.3) is 0 Å². The van der Waals surface area contributed by atoms with Crippen molar-refractivity contribution in [2.24, 2.45) is 11.5 Å². The van der Waals surface area contributed by atoms with E-state index in [0.717, 1.165) is 25.3 Å². The molecule has 64 valence electrons. The Morgan fingerprint density at radius 2 is 2.36 bits per heavy atom. The molecule has 0 aromatic heterocycles. The van der Waals surface area contributed by atoms with Gasteiger partial charge in [0.2, 0.25) is 0 Å². The highest BCUT2D eigenvalue weighted by Gasteiger charge is 2.42. The fraction of sp³-hybridized carbons (Fsp3) is 1.00. The van der Waals surface area contributed by atoms with Crippen molar-refractivity contribution >= 4 is 11.8 Å². The topological polar surface area (TPSA) is 55.3 Å². The minimum Gasteiger partial charge on any atom is -0.326 e. The molecule has 2 saturated heterocycles. The van der Waals surface area contributed by atoms with Gasteiger partial charge in [-0.3, -0.25) is 4.90 Å². The van der Waals surface area contributed by atoms with Crippen molar-refractivity contribution in [2.45, 2.75) is 18.1 Å². The van der Waals surface area contributed by atoms with Gasteiger partial charge in [0.05, 0.1) is 5.66 Å². The molecule has 2 rings (SSSR count). The Morgan fingerprint density at radius 1 is 1.55 bits per heavy atom. The van der Waals surface area contributed by atoms with E-state index in [4.69, 9.17) is 11.5 Å². The number of fused-ring (bicyclic) bond motifs is 1. The van der Waals surface area contributed by atoms with Crippen molar-refractivity contribution in [3.05, 3.63) is 0 Å². The highest BCUT2D eigenvalue weighted by molar-refractivity contribution is 7.99. The maximum Gasteiger partial charge on any atom is 0.0796 e. The van der Waals surface area contributed by atoms with Crippen LogP contribution in [0.4, 0.5) is 0 Å². The van der Waals surface area contributed by atoms with Gasteiger partial charge in [-0.25, -0.2) is 0 Å². The van der Waals surface area contributed by atoms with Crippen LogP contribution in [0.15, 0.2) is 0 Å². The molecule has 0 amide bonds. The van der Waals surface area contributed by atoms with Crippen LogP contribution in [0.3, 0.4) is 0 Å². The first-order valence-corrected chi connectivity index (χ1v) is 5.23. The van der Waals surface area contributed by atoms with Crippen molar-refractivity contribution in [1.29, 1.82) is 0 Å². The molecule has 0 spiro atoms. The SMILES string of the molecule is NC1CN2CCSCC2(N)C1. The smallest absolute Gasteiger partial charge is 0.0796 e. The monoisotopic (exact) mass is 173 g/mol. The zero-order valence-corrected chi connectivity index (χ0v) is 7.44. The molecule has 2 aliphatic heterocycles. The molecule has 0 aliphatic carbocycles. The molecule has 2 heterocycles. The van der Waals surface area contributed by atoms with Crippen molar-refractivity contribution in [2.75, 3.05) is 24.6 Å². The van der Waals surface area contributed by atoms with E-state index in [-0.39, 0.29) is 5.66 Å². The van der Waals surface area contributed by atoms with Gasteiger partial charge in [0.1, 0.15) is 0 Å². The van der Waals surface area contributed by atoms with Gasteiger partial charge in [0, 0.05) is 30.6 Å². The lowest BCUT2D eigenvalue weighted by atomic mass is 10.1. The Bertz CT molecular complexity index is 164. The molecule has 4 heteroatoms. The standard InChI is InChI=1S/C7H15N3S/c8-6-3-7(9)5-11-2-1-10(7)4-6/h6H,1-5,8-9H2. The summed E-state index contributed by atoms with van der Waals surface area (Å²) in [7, 11) is 0. The fourth-order valence-corrected chi connectivity index (χ4v) is 3.15. The fourth-order valence-electron chi connectivity index (χ4n) is 2.00. The molecule has 0 saturated carbocycles. The maximum atomic E-state index is 6.18. The average Bonchev–Trinajstić information content (AvgIpc) is 2.22. The van der Waals surface area contributed by atoms with E-state index < -0.39 is 0 Å². The van der Waals surface area contributed by atoms with Crippen molar-refractivity contribution in [3.8, 4) is 0 Å². The molecular weight excluding hydrogens is 158 g/mol. The van der Waals surface area contributed by atoms with Gasteiger partial charge >= 0.3 is 0 Å². The normalized spacial score (nSPS) is 45.8. The Kier molecular flexibility index (Phi) is 1.87. The molecule has 2 unspecified atom stereocenters. The largest absolute Gasteiger partial charge is 0.326 e. The summed E-state index contributed by atoms with van der Waals surface area (Å²) in [5.41, 5.74) is 12.0. The molecule has 2 atom stereocenters. The minimum absolute atomic E-state index is 0.0671. The summed E-state index contributed by atoms with van der Waals surface area (Å²) in [5.74, 6) is 2.27. The van der Waals surface area contributed by atoms with E-state index in [0.29, 0.717) is 6.04 Å². The second kappa shape index (κ2) is 2.62. The summed E-state index contributed by atoms with van der Waals surface area (Å²) in [6.45, 7) is 2.12. The third-order valence-corrected chi connectivity index (χ3v) is 3.73. The number of hydrogen-bond acceptors (Lipinski definition) is 4. The lowest BCUT2D eigenvalue weighted by Gasteiger charge is -2.38. The van der Waals surface area contributed by atoms with Gasteiger partial charge in [-0.2, -0.15) is 11.8 Å². The van der Waals surface area contributed by atoms with E-state index in [1.165, 1.54) is 5.75 Å². The van der Waals surface area contributed by atoms with Crippen molar-refractivity contribution in [1.82, 2.24) is 4.90 Å².